The predicted molar refractivity (Wildman–Crippen MR) is 113 cm³/mol. The van der Waals surface area contributed by atoms with Crippen LogP contribution >= 0.6 is 12.4 Å². The van der Waals surface area contributed by atoms with Gasteiger partial charge in [-0.15, -0.1) is 12.4 Å². The number of hydrogen-bond acceptors (Lipinski definition) is 4. The molecule has 1 aromatic carbocycles. The molecule has 6 nitrogen and oxygen atoms in total. The van der Waals surface area contributed by atoms with E-state index in [9.17, 15) is 4.79 Å². The van der Waals surface area contributed by atoms with Crippen LogP contribution in [0.25, 0.3) is 0 Å². The van der Waals surface area contributed by atoms with Crippen molar-refractivity contribution in [3.63, 3.8) is 0 Å². The second kappa shape index (κ2) is 9.43. The lowest BCUT2D eigenvalue weighted by Crippen LogP contribution is -2.55. The Kier molecular flexibility index (Phi) is 7.49. The van der Waals surface area contributed by atoms with Crippen LogP contribution in [0.5, 0.6) is 5.75 Å². The highest BCUT2D eigenvalue weighted by Gasteiger charge is 2.41. The van der Waals surface area contributed by atoms with Gasteiger partial charge in [0.1, 0.15) is 17.9 Å². The third kappa shape index (κ3) is 4.86. The number of ether oxygens (including phenoxy) is 1. The number of nitrogens with one attached hydrogen (secondary N) is 2. The number of nitrogens with zero attached hydrogens (tertiary/aromatic N) is 2. The van der Waals surface area contributed by atoms with Gasteiger partial charge in [0, 0.05) is 12.4 Å². The molecule has 3 rings (SSSR count). The van der Waals surface area contributed by atoms with Crippen molar-refractivity contribution >= 4 is 18.3 Å². The lowest BCUT2D eigenvalue weighted by molar-refractivity contribution is -0.132. The molecule has 0 bridgehead atoms. The normalized spacial score (nSPS) is 16.1. The maximum absolute atomic E-state index is 13.0. The van der Waals surface area contributed by atoms with Gasteiger partial charge in [-0.2, -0.15) is 5.10 Å². The summed E-state index contributed by atoms with van der Waals surface area (Å²) < 4.78 is 7.78. The number of benzene rings is 1. The number of para-hydroxylation sites is 1. The van der Waals surface area contributed by atoms with Crippen LogP contribution in [-0.2, 0) is 15.7 Å². The van der Waals surface area contributed by atoms with Crippen molar-refractivity contribution in [1.29, 1.82) is 0 Å². The van der Waals surface area contributed by atoms with Crippen molar-refractivity contribution in [2.45, 2.75) is 44.6 Å². The van der Waals surface area contributed by atoms with Crippen molar-refractivity contribution in [2.75, 3.05) is 26.2 Å². The van der Waals surface area contributed by atoms with Crippen LogP contribution in [0, 0.1) is 0 Å². The van der Waals surface area contributed by atoms with Gasteiger partial charge < -0.3 is 15.4 Å². The van der Waals surface area contributed by atoms with Gasteiger partial charge in [0.15, 0.2) is 0 Å². The Labute approximate surface area is 173 Å². The van der Waals surface area contributed by atoms with E-state index in [0.29, 0.717) is 13.2 Å². The van der Waals surface area contributed by atoms with Crippen LogP contribution in [-0.4, -0.2) is 41.9 Å². The van der Waals surface area contributed by atoms with Gasteiger partial charge in [-0.1, -0.05) is 39.0 Å². The summed E-state index contributed by atoms with van der Waals surface area (Å²) in [6, 6.07) is 9.95. The molecule has 0 radical (unpaired) electrons. The molecule has 1 fully saturated rings. The van der Waals surface area contributed by atoms with Crippen molar-refractivity contribution in [3.8, 4) is 5.75 Å². The van der Waals surface area contributed by atoms with E-state index in [2.05, 4.69) is 42.6 Å². The van der Waals surface area contributed by atoms with E-state index in [1.54, 1.807) is 10.9 Å². The zero-order valence-electron chi connectivity index (χ0n) is 16.9. The summed E-state index contributed by atoms with van der Waals surface area (Å²) in [5, 5.41) is 10.7. The summed E-state index contributed by atoms with van der Waals surface area (Å²) in [6.45, 7) is 9.03. The largest absolute Gasteiger partial charge is 0.491 e. The summed E-state index contributed by atoms with van der Waals surface area (Å²) in [5.41, 5.74) is 0.569. The minimum Gasteiger partial charge on any atom is -0.491 e. The summed E-state index contributed by atoms with van der Waals surface area (Å²) in [6.07, 6.45) is 5.06. The van der Waals surface area contributed by atoms with E-state index in [1.165, 1.54) is 5.56 Å². The molecular formula is C21H31ClN4O2. The maximum Gasteiger partial charge on any atom is 0.248 e. The zero-order valence-corrected chi connectivity index (χ0v) is 17.7. The Morgan fingerprint density at radius 2 is 1.96 bits per heavy atom. The zero-order chi connectivity index (χ0) is 19.3. The Balaban J connectivity index is 0.00000280. The Bertz CT molecular complexity index is 750. The fraction of sp³-hybridized carbons (Fsp3) is 0.524. The summed E-state index contributed by atoms with van der Waals surface area (Å²) in [5.74, 6) is 0.892. The predicted octanol–water partition coefficient (Wildman–Crippen LogP) is 2.88. The second-order valence-electron chi connectivity index (χ2n) is 8.08. The van der Waals surface area contributed by atoms with Gasteiger partial charge in [0.25, 0.3) is 0 Å². The van der Waals surface area contributed by atoms with E-state index in [4.69, 9.17) is 4.74 Å². The Hall–Kier alpha value is -2.05. The van der Waals surface area contributed by atoms with Crippen LogP contribution in [0.1, 0.15) is 39.2 Å². The van der Waals surface area contributed by atoms with Crippen LogP contribution in [0.4, 0.5) is 0 Å². The first kappa shape index (κ1) is 22.2. The number of carbonyl (C=O) groups is 1. The van der Waals surface area contributed by atoms with Crippen LogP contribution in [0.3, 0.4) is 0 Å². The minimum atomic E-state index is -0.613. The third-order valence-corrected chi connectivity index (χ3v) is 5.14. The molecule has 2 N–H and O–H groups in total. The quantitative estimate of drug-likeness (QED) is 0.724. The monoisotopic (exact) mass is 406 g/mol. The average molecular weight is 407 g/mol. The van der Waals surface area contributed by atoms with Gasteiger partial charge in [0.05, 0.1) is 6.54 Å². The first-order chi connectivity index (χ1) is 12.9. The number of aromatic nitrogens is 2. The number of amides is 1. The Morgan fingerprint density at radius 1 is 1.25 bits per heavy atom. The van der Waals surface area contributed by atoms with Gasteiger partial charge in [-0.05, 0) is 49.0 Å². The molecule has 0 unspecified atom stereocenters. The van der Waals surface area contributed by atoms with Crippen LogP contribution < -0.4 is 15.4 Å². The third-order valence-electron chi connectivity index (χ3n) is 5.14. The van der Waals surface area contributed by atoms with E-state index in [1.807, 2.05) is 30.5 Å². The topological polar surface area (TPSA) is 68.2 Å². The summed E-state index contributed by atoms with van der Waals surface area (Å²) >= 11 is 0. The number of rotatable bonds is 6. The summed E-state index contributed by atoms with van der Waals surface area (Å²) in [4.78, 5) is 13.0. The van der Waals surface area contributed by atoms with Crippen LogP contribution in [0.2, 0.25) is 0 Å². The van der Waals surface area contributed by atoms with Crippen molar-refractivity contribution in [2.24, 2.45) is 0 Å². The molecule has 1 saturated heterocycles. The molecule has 1 amide bonds. The molecule has 2 aromatic rings. The number of halogens is 1. The van der Waals surface area contributed by atoms with E-state index >= 15 is 0 Å². The van der Waals surface area contributed by atoms with Gasteiger partial charge >= 0.3 is 0 Å². The lowest BCUT2D eigenvalue weighted by Gasteiger charge is -2.36. The Morgan fingerprint density at radius 3 is 2.61 bits per heavy atom. The van der Waals surface area contributed by atoms with Crippen molar-refractivity contribution in [3.05, 3.63) is 48.3 Å². The smallest absolute Gasteiger partial charge is 0.248 e. The first-order valence-corrected chi connectivity index (χ1v) is 9.65. The molecule has 1 aliphatic heterocycles. The highest BCUT2D eigenvalue weighted by molar-refractivity contribution is 5.85. The van der Waals surface area contributed by atoms with E-state index in [0.717, 1.165) is 31.7 Å². The summed E-state index contributed by atoms with van der Waals surface area (Å²) in [7, 11) is 0. The molecule has 7 heteroatoms. The molecule has 0 atom stereocenters. The second-order valence-corrected chi connectivity index (χ2v) is 8.08. The minimum absolute atomic E-state index is 0. The number of carbonyl (C=O) groups excluding carboxylic acids is 1. The molecule has 0 aliphatic carbocycles. The molecule has 28 heavy (non-hydrogen) atoms. The molecule has 1 aliphatic rings. The van der Waals surface area contributed by atoms with Gasteiger partial charge in [-0.25, -0.2) is 0 Å². The fourth-order valence-corrected chi connectivity index (χ4v) is 3.62. The highest BCUT2D eigenvalue weighted by Crippen LogP contribution is 2.31. The highest BCUT2D eigenvalue weighted by atomic mass is 35.5. The van der Waals surface area contributed by atoms with Crippen LogP contribution in [0.15, 0.2) is 42.7 Å². The average Bonchev–Trinajstić information content (AvgIpc) is 3.20. The van der Waals surface area contributed by atoms with E-state index in [-0.39, 0.29) is 23.7 Å². The molecule has 0 saturated carbocycles. The van der Waals surface area contributed by atoms with Gasteiger partial charge in [-0.3, -0.25) is 9.48 Å². The van der Waals surface area contributed by atoms with E-state index < -0.39 is 5.54 Å². The standard InChI is InChI=1S/C21H30N4O2.ClH/c1-20(2,3)17-7-4-5-8-18(17)27-16-14-23-19(26)21(9-12-22-13-10-21)25-15-6-11-24-25;/h4-8,11,15,22H,9-10,12-14,16H2,1-3H3,(H,23,26);1H. The van der Waals surface area contributed by atoms with Gasteiger partial charge in [0.2, 0.25) is 5.91 Å². The fourth-order valence-electron chi connectivity index (χ4n) is 3.62. The molecule has 154 valence electrons. The van der Waals surface area contributed by atoms with Crippen molar-refractivity contribution < 1.29 is 9.53 Å². The SMILES string of the molecule is CC(C)(C)c1ccccc1OCCNC(=O)C1(n2cccn2)CCNCC1.Cl. The molecular weight excluding hydrogens is 376 g/mol. The first-order valence-electron chi connectivity index (χ1n) is 9.65. The van der Waals surface area contributed by atoms with Crippen molar-refractivity contribution in [1.82, 2.24) is 20.4 Å². The molecule has 2 heterocycles. The maximum atomic E-state index is 13.0. The number of hydrogen-bond donors (Lipinski definition) is 2. The molecule has 0 spiro atoms. The lowest BCUT2D eigenvalue weighted by atomic mass is 9.86. The number of piperidine rings is 1. The molecule has 1 aromatic heterocycles.